The predicted octanol–water partition coefficient (Wildman–Crippen LogP) is 2.96. The third-order valence-electron chi connectivity index (χ3n) is 4.40. The first-order valence-electron chi connectivity index (χ1n) is 9.03. The molecule has 3 aromatic rings. The van der Waals surface area contributed by atoms with Crippen molar-refractivity contribution in [2.75, 3.05) is 29.3 Å². The zero-order valence-corrected chi connectivity index (χ0v) is 17.4. The van der Waals surface area contributed by atoms with Gasteiger partial charge < -0.3 is 21.2 Å². The molecule has 0 unspecified atom stereocenters. The molecule has 0 saturated carbocycles. The lowest BCUT2D eigenvalue weighted by Gasteiger charge is -2.08. The highest BCUT2D eigenvalue weighted by atomic mass is 32.2. The highest BCUT2D eigenvalue weighted by Gasteiger charge is 2.12. The van der Waals surface area contributed by atoms with Crippen LogP contribution < -0.4 is 21.2 Å². The minimum absolute atomic E-state index is 0.126. The predicted molar refractivity (Wildman–Crippen MR) is 116 cm³/mol. The number of benzene rings is 2. The number of carbonyl (C=O) groups is 1. The Morgan fingerprint density at radius 2 is 1.83 bits per heavy atom. The SMILES string of the molecule is COc1ccc(NCc2nnc(SCC(=O)Nc3ccc(C)c(C)c3)n2N)cc1. The Morgan fingerprint density at radius 1 is 1.10 bits per heavy atom. The van der Waals surface area contributed by atoms with Gasteiger partial charge in [-0.25, -0.2) is 4.68 Å². The molecule has 0 aliphatic heterocycles. The van der Waals surface area contributed by atoms with Crippen molar-refractivity contribution in [2.24, 2.45) is 0 Å². The summed E-state index contributed by atoms with van der Waals surface area (Å²) < 4.78 is 6.53. The van der Waals surface area contributed by atoms with Gasteiger partial charge in [0.1, 0.15) is 5.75 Å². The van der Waals surface area contributed by atoms with Crippen LogP contribution in [0.3, 0.4) is 0 Å². The van der Waals surface area contributed by atoms with Crippen LogP contribution in [0.1, 0.15) is 17.0 Å². The normalized spacial score (nSPS) is 10.6. The Hall–Kier alpha value is -3.20. The fourth-order valence-electron chi connectivity index (χ4n) is 2.56. The molecule has 4 N–H and O–H groups in total. The van der Waals surface area contributed by atoms with Crippen LogP contribution in [0.5, 0.6) is 5.75 Å². The molecule has 1 aromatic heterocycles. The Labute approximate surface area is 173 Å². The zero-order valence-electron chi connectivity index (χ0n) is 16.6. The first-order valence-corrected chi connectivity index (χ1v) is 10.0. The van der Waals surface area contributed by atoms with Crippen LogP contribution in [-0.2, 0) is 11.3 Å². The third kappa shape index (κ3) is 5.41. The van der Waals surface area contributed by atoms with E-state index in [2.05, 4.69) is 20.8 Å². The van der Waals surface area contributed by atoms with Gasteiger partial charge >= 0.3 is 0 Å². The van der Waals surface area contributed by atoms with Gasteiger partial charge in [0, 0.05) is 11.4 Å². The molecule has 0 spiro atoms. The van der Waals surface area contributed by atoms with Crippen LogP contribution >= 0.6 is 11.8 Å². The molecule has 9 heteroatoms. The van der Waals surface area contributed by atoms with Crippen molar-refractivity contribution in [3.05, 3.63) is 59.4 Å². The Kier molecular flexibility index (Phi) is 6.61. The molecule has 0 aliphatic rings. The number of anilines is 2. The second kappa shape index (κ2) is 9.33. The summed E-state index contributed by atoms with van der Waals surface area (Å²) in [6, 6.07) is 13.4. The van der Waals surface area contributed by atoms with E-state index in [9.17, 15) is 4.79 Å². The standard InChI is InChI=1S/C20H24N6O2S/c1-13-4-5-16(10-14(13)2)23-19(27)12-29-20-25-24-18(26(20)21)11-22-15-6-8-17(28-3)9-7-15/h4-10,22H,11-12,21H2,1-3H3,(H,23,27). The highest BCUT2D eigenvalue weighted by molar-refractivity contribution is 7.99. The maximum Gasteiger partial charge on any atom is 0.234 e. The van der Waals surface area contributed by atoms with E-state index in [1.807, 2.05) is 56.3 Å². The third-order valence-corrected chi connectivity index (χ3v) is 5.34. The molecular formula is C20H24N6O2S. The van der Waals surface area contributed by atoms with Gasteiger partial charge in [-0.3, -0.25) is 4.79 Å². The highest BCUT2D eigenvalue weighted by Crippen LogP contribution is 2.19. The van der Waals surface area contributed by atoms with E-state index in [1.54, 1.807) is 7.11 Å². The number of nitrogens with one attached hydrogen (secondary N) is 2. The second-order valence-electron chi connectivity index (χ2n) is 6.49. The number of aryl methyl sites for hydroxylation is 2. The molecule has 0 aliphatic carbocycles. The average Bonchev–Trinajstić information content (AvgIpc) is 3.07. The van der Waals surface area contributed by atoms with Crippen LogP contribution in [0.25, 0.3) is 0 Å². The molecule has 0 radical (unpaired) electrons. The summed E-state index contributed by atoms with van der Waals surface area (Å²) in [7, 11) is 1.63. The van der Waals surface area contributed by atoms with Crippen LogP contribution in [0, 0.1) is 13.8 Å². The first kappa shape index (κ1) is 20.5. The minimum Gasteiger partial charge on any atom is -0.497 e. The molecule has 152 valence electrons. The van der Waals surface area contributed by atoms with Crippen molar-refractivity contribution in [1.82, 2.24) is 14.9 Å². The molecule has 2 aromatic carbocycles. The van der Waals surface area contributed by atoms with Crippen molar-refractivity contribution in [1.29, 1.82) is 0 Å². The Bertz CT molecular complexity index is 987. The van der Waals surface area contributed by atoms with Gasteiger partial charge in [-0.2, -0.15) is 0 Å². The molecule has 0 atom stereocenters. The lowest BCUT2D eigenvalue weighted by molar-refractivity contribution is -0.113. The van der Waals surface area contributed by atoms with E-state index in [0.717, 1.165) is 22.7 Å². The molecular weight excluding hydrogens is 388 g/mol. The molecule has 0 fully saturated rings. The summed E-state index contributed by atoms with van der Waals surface area (Å²) in [5.41, 5.74) is 4.00. The fraction of sp³-hybridized carbons (Fsp3) is 0.250. The summed E-state index contributed by atoms with van der Waals surface area (Å²) in [4.78, 5) is 12.2. The van der Waals surface area contributed by atoms with Gasteiger partial charge in [0.05, 0.1) is 19.4 Å². The summed E-state index contributed by atoms with van der Waals surface area (Å²) in [5.74, 6) is 7.49. The maximum absolute atomic E-state index is 12.2. The summed E-state index contributed by atoms with van der Waals surface area (Å²) in [6.07, 6.45) is 0. The number of nitrogen functional groups attached to an aromatic ring is 1. The monoisotopic (exact) mass is 412 g/mol. The number of ether oxygens (including phenoxy) is 1. The summed E-state index contributed by atoms with van der Waals surface area (Å²) in [6.45, 7) is 4.45. The van der Waals surface area contributed by atoms with E-state index in [0.29, 0.717) is 17.5 Å². The van der Waals surface area contributed by atoms with Crippen molar-refractivity contribution >= 4 is 29.0 Å². The van der Waals surface area contributed by atoms with Crippen molar-refractivity contribution in [2.45, 2.75) is 25.5 Å². The van der Waals surface area contributed by atoms with Gasteiger partial charge in [0.25, 0.3) is 0 Å². The minimum atomic E-state index is -0.126. The number of hydrogen-bond donors (Lipinski definition) is 3. The number of amides is 1. The molecule has 1 heterocycles. The van der Waals surface area contributed by atoms with Crippen LogP contribution in [-0.4, -0.2) is 33.6 Å². The van der Waals surface area contributed by atoms with E-state index in [4.69, 9.17) is 10.6 Å². The van der Waals surface area contributed by atoms with E-state index < -0.39 is 0 Å². The number of hydrogen-bond acceptors (Lipinski definition) is 7. The number of carbonyl (C=O) groups excluding carboxylic acids is 1. The van der Waals surface area contributed by atoms with E-state index in [-0.39, 0.29) is 11.7 Å². The van der Waals surface area contributed by atoms with E-state index >= 15 is 0 Å². The molecule has 0 saturated heterocycles. The van der Waals surface area contributed by atoms with E-state index in [1.165, 1.54) is 22.0 Å². The zero-order chi connectivity index (χ0) is 20.8. The Balaban J connectivity index is 1.52. The number of methoxy groups -OCH3 is 1. The van der Waals surface area contributed by atoms with Crippen LogP contribution in [0.2, 0.25) is 0 Å². The first-order chi connectivity index (χ1) is 14.0. The average molecular weight is 413 g/mol. The van der Waals surface area contributed by atoms with Crippen molar-refractivity contribution < 1.29 is 9.53 Å². The number of nitrogens with two attached hydrogens (primary N) is 1. The van der Waals surface area contributed by atoms with Crippen LogP contribution in [0.4, 0.5) is 11.4 Å². The fourth-order valence-corrected chi connectivity index (χ4v) is 3.24. The topological polar surface area (TPSA) is 107 Å². The quantitative estimate of drug-likeness (QED) is 0.386. The molecule has 3 rings (SSSR count). The van der Waals surface area contributed by atoms with Gasteiger partial charge in [-0.05, 0) is 61.4 Å². The second-order valence-corrected chi connectivity index (χ2v) is 7.43. The number of thioether (sulfide) groups is 1. The molecule has 29 heavy (non-hydrogen) atoms. The molecule has 8 nitrogen and oxygen atoms in total. The lowest BCUT2D eigenvalue weighted by atomic mass is 10.1. The summed E-state index contributed by atoms with van der Waals surface area (Å²) in [5, 5.41) is 14.8. The number of nitrogens with zero attached hydrogens (tertiary/aromatic N) is 3. The summed E-state index contributed by atoms with van der Waals surface area (Å²) >= 11 is 1.24. The lowest BCUT2D eigenvalue weighted by Crippen LogP contribution is -2.18. The van der Waals surface area contributed by atoms with Crippen LogP contribution in [0.15, 0.2) is 47.6 Å². The molecule has 1 amide bonds. The maximum atomic E-state index is 12.2. The van der Waals surface area contributed by atoms with Gasteiger partial charge in [-0.1, -0.05) is 17.8 Å². The largest absolute Gasteiger partial charge is 0.497 e. The van der Waals surface area contributed by atoms with Gasteiger partial charge in [0.15, 0.2) is 5.82 Å². The van der Waals surface area contributed by atoms with Gasteiger partial charge in [-0.15, -0.1) is 10.2 Å². The smallest absolute Gasteiger partial charge is 0.234 e. The van der Waals surface area contributed by atoms with Crippen molar-refractivity contribution in [3.8, 4) is 5.75 Å². The number of rotatable bonds is 8. The number of aromatic nitrogens is 3. The molecule has 0 bridgehead atoms. The Morgan fingerprint density at radius 3 is 2.52 bits per heavy atom. The van der Waals surface area contributed by atoms with Crippen molar-refractivity contribution in [3.63, 3.8) is 0 Å². The van der Waals surface area contributed by atoms with Gasteiger partial charge in [0.2, 0.25) is 11.1 Å².